The molecule has 0 saturated carbocycles. The van der Waals surface area contributed by atoms with Gasteiger partial charge in [0.25, 0.3) is 0 Å². The van der Waals surface area contributed by atoms with Gasteiger partial charge < -0.3 is 14.8 Å². The first-order valence-electron chi connectivity index (χ1n) is 7.45. The second-order valence-electron chi connectivity index (χ2n) is 5.27. The number of rotatable bonds is 7. The van der Waals surface area contributed by atoms with E-state index >= 15 is 0 Å². The molecule has 1 amide bonds. The van der Waals surface area contributed by atoms with E-state index in [1.165, 1.54) is 19.2 Å². The van der Waals surface area contributed by atoms with Crippen molar-refractivity contribution >= 4 is 17.5 Å². The molecular weight excluding hydrogens is 333 g/mol. The molecule has 128 valence electrons. The Morgan fingerprint density at radius 3 is 2.71 bits per heavy atom. The molecule has 1 atom stereocenters. The van der Waals surface area contributed by atoms with E-state index in [2.05, 4.69) is 5.32 Å². The van der Waals surface area contributed by atoms with Gasteiger partial charge in [-0.3, -0.25) is 4.79 Å². The Labute approximate surface area is 145 Å². The number of carbonyl (C=O) groups excluding carboxylic acids is 1. The molecule has 0 unspecified atom stereocenters. The minimum atomic E-state index is -0.467. The lowest BCUT2D eigenvalue weighted by Gasteiger charge is -2.15. The van der Waals surface area contributed by atoms with Crippen molar-refractivity contribution in [1.29, 1.82) is 0 Å². The van der Waals surface area contributed by atoms with Crippen LogP contribution in [0.1, 0.15) is 24.1 Å². The summed E-state index contributed by atoms with van der Waals surface area (Å²) in [7, 11) is 1.40. The molecule has 4 nitrogen and oxygen atoms in total. The molecule has 0 bridgehead atoms. The van der Waals surface area contributed by atoms with Crippen LogP contribution in [0, 0.1) is 5.82 Å². The van der Waals surface area contributed by atoms with Gasteiger partial charge in [0.2, 0.25) is 5.91 Å². The van der Waals surface area contributed by atoms with Gasteiger partial charge in [0.15, 0.2) is 11.6 Å². The molecular formula is C18H19ClFNO3. The second kappa shape index (κ2) is 8.66. The molecule has 2 aromatic carbocycles. The fourth-order valence-electron chi connectivity index (χ4n) is 2.19. The fourth-order valence-corrected chi connectivity index (χ4v) is 2.38. The van der Waals surface area contributed by atoms with Crippen LogP contribution in [-0.4, -0.2) is 19.6 Å². The number of hydrogen-bond acceptors (Lipinski definition) is 3. The number of carbonyl (C=O) groups is 1. The Kier molecular flexibility index (Phi) is 6.58. The molecule has 0 aliphatic rings. The van der Waals surface area contributed by atoms with Crippen LogP contribution >= 0.6 is 11.6 Å². The summed E-state index contributed by atoms with van der Waals surface area (Å²) in [6.07, 6.45) is 0. The third kappa shape index (κ3) is 4.94. The van der Waals surface area contributed by atoms with Crippen LogP contribution in [0.2, 0.25) is 5.02 Å². The van der Waals surface area contributed by atoms with E-state index < -0.39 is 5.82 Å². The number of halogens is 2. The average Bonchev–Trinajstić information content (AvgIpc) is 2.56. The topological polar surface area (TPSA) is 47.6 Å². The van der Waals surface area contributed by atoms with Gasteiger partial charge in [-0.1, -0.05) is 35.9 Å². The van der Waals surface area contributed by atoms with E-state index in [0.29, 0.717) is 10.6 Å². The highest BCUT2D eigenvalue weighted by Gasteiger charge is 2.12. The van der Waals surface area contributed by atoms with Gasteiger partial charge in [0, 0.05) is 5.02 Å². The van der Waals surface area contributed by atoms with Crippen molar-refractivity contribution in [2.75, 3.05) is 13.7 Å². The average molecular weight is 352 g/mol. The van der Waals surface area contributed by atoms with Crippen molar-refractivity contribution in [2.45, 2.75) is 19.6 Å². The SMILES string of the molecule is COc1ccc([C@H](C)NC(=O)COCc2ccccc2Cl)cc1F. The van der Waals surface area contributed by atoms with Crippen LogP contribution in [-0.2, 0) is 16.1 Å². The van der Waals surface area contributed by atoms with Crippen molar-refractivity contribution in [3.63, 3.8) is 0 Å². The summed E-state index contributed by atoms with van der Waals surface area (Å²) >= 11 is 6.02. The summed E-state index contributed by atoms with van der Waals surface area (Å²) in [5.74, 6) is -0.586. The second-order valence-corrected chi connectivity index (χ2v) is 5.67. The zero-order valence-corrected chi connectivity index (χ0v) is 14.3. The van der Waals surface area contributed by atoms with E-state index in [-0.39, 0.29) is 30.9 Å². The van der Waals surface area contributed by atoms with Crippen molar-refractivity contribution in [1.82, 2.24) is 5.32 Å². The highest BCUT2D eigenvalue weighted by Crippen LogP contribution is 2.21. The molecule has 0 aromatic heterocycles. The smallest absolute Gasteiger partial charge is 0.246 e. The molecule has 0 aliphatic carbocycles. The predicted molar refractivity (Wildman–Crippen MR) is 90.6 cm³/mol. The monoisotopic (exact) mass is 351 g/mol. The number of ether oxygens (including phenoxy) is 2. The lowest BCUT2D eigenvalue weighted by Crippen LogP contribution is -2.30. The summed E-state index contributed by atoms with van der Waals surface area (Å²) in [5, 5.41) is 3.35. The molecule has 0 heterocycles. The zero-order valence-electron chi connectivity index (χ0n) is 13.5. The Balaban J connectivity index is 1.83. The highest BCUT2D eigenvalue weighted by molar-refractivity contribution is 6.31. The van der Waals surface area contributed by atoms with Gasteiger partial charge in [-0.15, -0.1) is 0 Å². The third-order valence-electron chi connectivity index (χ3n) is 3.50. The van der Waals surface area contributed by atoms with Gasteiger partial charge >= 0.3 is 0 Å². The van der Waals surface area contributed by atoms with E-state index in [9.17, 15) is 9.18 Å². The Morgan fingerprint density at radius 1 is 1.29 bits per heavy atom. The molecule has 24 heavy (non-hydrogen) atoms. The first kappa shape index (κ1) is 18.2. The number of methoxy groups -OCH3 is 1. The van der Waals surface area contributed by atoms with Gasteiger partial charge in [-0.05, 0) is 36.2 Å². The van der Waals surface area contributed by atoms with Crippen LogP contribution in [0.3, 0.4) is 0 Å². The summed E-state index contributed by atoms with van der Waals surface area (Å²) in [5.41, 5.74) is 1.46. The van der Waals surface area contributed by atoms with Crippen molar-refractivity contribution in [3.05, 3.63) is 64.4 Å². The van der Waals surface area contributed by atoms with Crippen LogP contribution in [0.25, 0.3) is 0 Å². The maximum atomic E-state index is 13.7. The van der Waals surface area contributed by atoms with Crippen LogP contribution in [0.4, 0.5) is 4.39 Å². The van der Waals surface area contributed by atoms with E-state index in [1.54, 1.807) is 19.1 Å². The Bertz CT molecular complexity index is 708. The minimum absolute atomic E-state index is 0.103. The molecule has 1 N–H and O–H groups in total. The van der Waals surface area contributed by atoms with Gasteiger partial charge in [0.1, 0.15) is 6.61 Å². The Morgan fingerprint density at radius 2 is 2.04 bits per heavy atom. The van der Waals surface area contributed by atoms with E-state index in [0.717, 1.165) is 5.56 Å². The summed E-state index contributed by atoms with van der Waals surface area (Å²) < 4.78 is 23.9. The number of amides is 1. The minimum Gasteiger partial charge on any atom is -0.494 e. The summed E-state index contributed by atoms with van der Waals surface area (Å²) in [4.78, 5) is 11.9. The number of nitrogens with one attached hydrogen (secondary N) is 1. The fraction of sp³-hybridized carbons (Fsp3) is 0.278. The molecule has 0 fully saturated rings. The molecule has 0 aliphatic heterocycles. The first-order chi connectivity index (χ1) is 11.5. The van der Waals surface area contributed by atoms with Crippen LogP contribution < -0.4 is 10.1 Å². The van der Waals surface area contributed by atoms with Gasteiger partial charge in [-0.25, -0.2) is 4.39 Å². The predicted octanol–water partition coefficient (Wildman–Crippen LogP) is 3.88. The lowest BCUT2D eigenvalue weighted by molar-refractivity contribution is -0.126. The molecule has 0 spiro atoms. The molecule has 6 heteroatoms. The first-order valence-corrected chi connectivity index (χ1v) is 7.83. The molecule has 0 radical (unpaired) electrons. The standard InChI is InChI=1S/C18H19ClFNO3/c1-12(13-7-8-17(23-2)16(20)9-13)21-18(22)11-24-10-14-5-3-4-6-15(14)19/h3-9,12H,10-11H2,1-2H3,(H,21,22)/t12-/m0/s1. The van der Waals surface area contributed by atoms with E-state index in [4.69, 9.17) is 21.1 Å². The lowest BCUT2D eigenvalue weighted by atomic mass is 10.1. The van der Waals surface area contributed by atoms with Crippen molar-refractivity contribution < 1.29 is 18.7 Å². The quantitative estimate of drug-likeness (QED) is 0.823. The largest absolute Gasteiger partial charge is 0.494 e. The van der Waals surface area contributed by atoms with Gasteiger partial charge in [-0.2, -0.15) is 0 Å². The van der Waals surface area contributed by atoms with Gasteiger partial charge in [0.05, 0.1) is 19.8 Å². The van der Waals surface area contributed by atoms with Crippen molar-refractivity contribution in [3.8, 4) is 5.75 Å². The maximum Gasteiger partial charge on any atom is 0.246 e. The molecule has 0 saturated heterocycles. The van der Waals surface area contributed by atoms with Crippen molar-refractivity contribution in [2.24, 2.45) is 0 Å². The number of hydrogen-bond donors (Lipinski definition) is 1. The van der Waals surface area contributed by atoms with Crippen LogP contribution in [0.5, 0.6) is 5.75 Å². The van der Waals surface area contributed by atoms with E-state index in [1.807, 2.05) is 18.2 Å². The molecule has 2 rings (SSSR count). The normalized spacial score (nSPS) is 11.8. The highest BCUT2D eigenvalue weighted by atomic mass is 35.5. The maximum absolute atomic E-state index is 13.7. The Hall–Kier alpha value is -2.11. The molecule has 2 aromatic rings. The third-order valence-corrected chi connectivity index (χ3v) is 3.87. The number of benzene rings is 2. The summed E-state index contributed by atoms with van der Waals surface area (Å²) in [6.45, 7) is 1.92. The summed E-state index contributed by atoms with van der Waals surface area (Å²) in [6, 6.07) is 11.5. The zero-order chi connectivity index (χ0) is 17.5. The van der Waals surface area contributed by atoms with Crippen LogP contribution in [0.15, 0.2) is 42.5 Å².